The summed E-state index contributed by atoms with van der Waals surface area (Å²) in [5.74, 6) is 18.5. The van der Waals surface area contributed by atoms with E-state index in [0.29, 0.717) is 22.8 Å². The normalized spacial score (nSPS) is 8.24. The molecule has 10 nitrogen and oxygen atoms in total. The Morgan fingerprint density at radius 2 is 1.49 bits per heavy atom. The van der Waals surface area contributed by atoms with Crippen LogP contribution in [0.4, 0.5) is 0 Å². The summed E-state index contributed by atoms with van der Waals surface area (Å²) in [7, 11) is 0. The molecule has 0 bridgehead atoms. The van der Waals surface area contributed by atoms with Crippen molar-refractivity contribution in [3.8, 4) is 95.4 Å². The summed E-state index contributed by atoms with van der Waals surface area (Å²) >= 11 is 0. The van der Waals surface area contributed by atoms with E-state index in [-0.39, 0.29) is 33.2 Å². The molecule has 264 valence electrons. The lowest BCUT2D eigenvalue weighted by molar-refractivity contribution is -0.231. The molecule has 3 aromatic rings. The van der Waals surface area contributed by atoms with Crippen LogP contribution in [0.5, 0.6) is 23.0 Å². The van der Waals surface area contributed by atoms with E-state index in [0.717, 1.165) is 17.2 Å². The lowest BCUT2D eigenvalue weighted by Gasteiger charge is -2.10. The van der Waals surface area contributed by atoms with Gasteiger partial charge in [-0.25, -0.2) is 14.5 Å². The van der Waals surface area contributed by atoms with Crippen LogP contribution in [0.1, 0.15) is 35.8 Å². The highest BCUT2D eigenvalue weighted by molar-refractivity contribution is 5.91. The highest BCUT2D eigenvalue weighted by Gasteiger charge is 2.10. The second-order valence-corrected chi connectivity index (χ2v) is 8.41. The number of ether oxygens (including phenoxy) is 3. The first kappa shape index (κ1) is 39.7. The number of aryl methyl sites for hydroxylation is 1. The average Bonchev–Trinajstić information content (AvgIpc) is 3.10. The van der Waals surface area contributed by atoms with E-state index in [4.69, 9.17) is 37.4 Å². The molecule has 49 heavy (non-hydrogen) atoms. The smallest absolute Gasteiger partial charge is 0.344 e. The summed E-state index contributed by atoms with van der Waals surface area (Å²) in [6, 6.07) is 17.8. The molecule has 3 aromatic carbocycles. The molecule has 3 rings (SSSR count). The number of hydrogen-bond acceptors (Lipinski definition) is 10. The first-order valence-corrected chi connectivity index (χ1v) is 13.6. The van der Waals surface area contributed by atoms with Crippen LogP contribution < -0.4 is 14.4 Å². The summed E-state index contributed by atoms with van der Waals surface area (Å²) < 4.78 is 14.8. The third-order valence-electron chi connectivity index (χ3n) is 4.93. The predicted octanol–water partition coefficient (Wildman–Crippen LogP) is 7.84. The van der Waals surface area contributed by atoms with Gasteiger partial charge in [-0.2, -0.15) is 4.89 Å². The quantitative estimate of drug-likeness (QED) is 0.0417. The van der Waals surface area contributed by atoms with Gasteiger partial charge in [0.2, 0.25) is 0 Å². The van der Waals surface area contributed by atoms with E-state index in [1.165, 1.54) is 30.3 Å². The monoisotopic (exact) mass is 676 g/mol. The van der Waals surface area contributed by atoms with E-state index < -0.39 is 11.9 Å². The molecule has 0 unspecified atom stereocenters. The molecule has 0 aliphatic heterocycles. The molecule has 10 heteroatoms. The summed E-state index contributed by atoms with van der Waals surface area (Å²) in [4.78, 5) is 36.8. The number of terminal acetylenes is 2. The zero-order chi connectivity index (χ0) is 36.1. The predicted molar refractivity (Wildman–Crippen MR) is 202 cm³/mol. The van der Waals surface area contributed by atoms with Crippen LogP contribution in [0.2, 0.25) is 0 Å². The van der Waals surface area contributed by atoms with Crippen molar-refractivity contribution in [2.75, 3.05) is 6.61 Å². The van der Waals surface area contributed by atoms with Gasteiger partial charge in [-0.1, -0.05) is 24.8 Å². The third kappa shape index (κ3) is 18.3. The van der Waals surface area contributed by atoms with Gasteiger partial charge in [0.05, 0.1) is 12.2 Å². The van der Waals surface area contributed by atoms with Crippen molar-refractivity contribution in [3.05, 3.63) is 109 Å². The van der Waals surface area contributed by atoms with Gasteiger partial charge in [0, 0.05) is 44.0 Å². The van der Waals surface area contributed by atoms with Crippen LogP contribution in [0.3, 0.4) is 0 Å². The van der Waals surface area contributed by atoms with Crippen molar-refractivity contribution < 1.29 is 63.1 Å². The fourth-order valence-electron chi connectivity index (χ4n) is 2.80. The molecule has 0 aromatic heterocycles. The second-order valence-electron chi connectivity index (χ2n) is 8.41. The van der Waals surface area contributed by atoms with Gasteiger partial charge in [0.1, 0.15) is 36.1 Å². The van der Waals surface area contributed by atoms with E-state index >= 15 is 0 Å². The van der Waals surface area contributed by atoms with E-state index in [9.17, 15) is 14.7 Å². The summed E-state index contributed by atoms with van der Waals surface area (Å²) in [6.45, 7) is 8.65. The number of benzene rings is 3. The standard InChI is InChI=1S/C27H18O6.C9H4O2.C3H6O2.10H2/c1-3-4-5-6-17-30-24-13-7-21(8-14-24)19-31-33-26-16-15-25(18-20(26)2)32-27(29)22-9-11-23(28)12-10-22;1-3-5-6-7-8-11-9(10)4-2;1-2-3-5-4;;;;;;;;;;/h1,7-16,18,28H,19H2,2H3;1,4H,2H2;2,4H,1,3H2;10*1H. The van der Waals surface area contributed by atoms with Crippen LogP contribution in [0.15, 0.2) is 92.0 Å². The molecule has 0 fully saturated rings. The topological polar surface area (TPSA) is 130 Å². The van der Waals surface area contributed by atoms with E-state index in [1.807, 2.05) is 24.2 Å². The Balaban J connectivity index is -0.0000000997. The Morgan fingerprint density at radius 1 is 0.857 bits per heavy atom. The fourth-order valence-corrected chi connectivity index (χ4v) is 2.80. The number of aromatic hydroxyl groups is 1. The van der Waals surface area contributed by atoms with Crippen molar-refractivity contribution in [2.24, 2.45) is 0 Å². The molecule has 0 saturated heterocycles. The maximum Gasteiger partial charge on any atom is 0.344 e. The number of carbonyl (C=O) groups is 2. The Hall–Kier alpha value is -7.28. The van der Waals surface area contributed by atoms with Crippen LogP contribution in [-0.2, 0) is 25.9 Å². The molecule has 0 aliphatic rings. The molecular weight excluding hydrogens is 628 g/mol. The van der Waals surface area contributed by atoms with Crippen LogP contribution >= 0.6 is 0 Å². The van der Waals surface area contributed by atoms with Gasteiger partial charge in [-0.05, 0) is 96.3 Å². The lowest BCUT2D eigenvalue weighted by atomic mass is 10.2. The lowest BCUT2D eigenvalue weighted by Crippen LogP contribution is -2.08. The third-order valence-corrected chi connectivity index (χ3v) is 4.93. The molecular formula is C39H48O10. The van der Waals surface area contributed by atoms with Crippen molar-refractivity contribution in [3.63, 3.8) is 0 Å². The number of phenols is 1. The zero-order valence-electron chi connectivity index (χ0n) is 26.1. The molecule has 0 radical (unpaired) electrons. The number of carbonyl (C=O) groups excluding carboxylic acids is 2. The molecule has 0 spiro atoms. The first-order chi connectivity index (χ1) is 23.8. The van der Waals surface area contributed by atoms with Gasteiger partial charge in [0.25, 0.3) is 0 Å². The molecule has 0 amide bonds. The molecule has 0 heterocycles. The minimum Gasteiger partial charge on any atom is -0.508 e. The number of phenolic OH excluding ortho intramolecular Hbond substituents is 1. The van der Waals surface area contributed by atoms with Crippen LogP contribution in [0, 0.1) is 79.3 Å². The van der Waals surface area contributed by atoms with Crippen molar-refractivity contribution in [1.82, 2.24) is 0 Å². The Labute approximate surface area is 299 Å². The van der Waals surface area contributed by atoms with Crippen LogP contribution in [-0.4, -0.2) is 28.9 Å². The SMILES string of the molecule is C#CC#CC#COC(=O)C=C.C#CC#CC#COc1ccc(COOc2ccc(OC(=O)c3ccc(O)cc3)cc2C)cc1.C=CCOO.[HH].[HH].[HH].[HH].[HH].[HH].[HH].[HH].[HH].[HH]. The van der Waals surface area contributed by atoms with Gasteiger partial charge in [0.15, 0.2) is 5.75 Å². The Kier molecular flexibility index (Phi) is 20.3. The highest BCUT2D eigenvalue weighted by atomic mass is 17.2. The average molecular weight is 677 g/mol. The number of rotatable bonds is 10. The van der Waals surface area contributed by atoms with Gasteiger partial charge < -0.3 is 24.2 Å². The molecule has 0 aliphatic carbocycles. The summed E-state index contributed by atoms with van der Waals surface area (Å²) in [5.41, 5.74) is 1.91. The zero-order valence-corrected chi connectivity index (χ0v) is 26.1. The first-order valence-electron chi connectivity index (χ1n) is 13.6. The molecule has 2 N–H and O–H groups in total. The fraction of sp³-hybridized carbons (Fsp3) is 0.0769. The maximum absolute atomic E-state index is 12.2. The summed E-state index contributed by atoms with van der Waals surface area (Å²) in [5, 5.41) is 16.8. The van der Waals surface area contributed by atoms with Crippen molar-refractivity contribution in [1.29, 1.82) is 0 Å². The summed E-state index contributed by atoms with van der Waals surface area (Å²) in [6.07, 6.45) is 16.7. The molecule has 0 saturated carbocycles. The minimum atomic E-state index is -0.611. The Bertz CT molecular complexity index is 1940. The van der Waals surface area contributed by atoms with Gasteiger partial charge in [-0.3, -0.25) is 5.26 Å². The molecule has 0 atom stereocenters. The van der Waals surface area contributed by atoms with E-state index in [1.54, 1.807) is 37.3 Å². The van der Waals surface area contributed by atoms with Gasteiger partial charge >= 0.3 is 11.9 Å². The van der Waals surface area contributed by atoms with Crippen LogP contribution in [0.25, 0.3) is 0 Å². The highest BCUT2D eigenvalue weighted by Crippen LogP contribution is 2.25. The number of esters is 2. The van der Waals surface area contributed by atoms with Gasteiger partial charge in [-0.15, -0.1) is 19.4 Å². The van der Waals surface area contributed by atoms with Crippen molar-refractivity contribution in [2.45, 2.75) is 13.5 Å². The maximum atomic E-state index is 12.2. The second kappa shape index (κ2) is 25.0. The van der Waals surface area contributed by atoms with E-state index in [2.05, 4.69) is 70.3 Å². The number of hydrogen-bond donors (Lipinski definition) is 2. The minimum absolute atomic E-state index is 0. The Morgan fingerprint density at radius 3 is 2.04 bits per heavy atom. The van der Waals surface area contributed by atoms with Crippen molar-refractivity contribution >= 4 is 11.9 Å². The largest absolute Gasteiger partial charge is 0.508 e.